The molecular formula is C51H29F6N3. The summed E-state index contributed by atoms with van der Waals surface area (Å²) in [5.74, 6) is 0. The van der Waals surface area contributed by atoms with Gasteiger partial charge in [0.25, 0.3) is 0 Å². The standard InChI is InChI=1S/C51H29F6N3/c52-50(53,54)41-18-11-19-42(51(55,56)57)49(41)35-28-47(59-43-20-9-7-16-36(43)38-26-33(22-24-45(38)59)31-12-3-1-4-13-31)40(30-58)48(29-35)60-44-21-10-8-17-37(44)39-27-34(23-25-46(39)60)32-14-5-2-6-15-32/h1-29H. The number of hydrogen-bond donors (Lipinski definition) is 0. The highest BCUT2D eigenvalue weighted by Gasteiger charge is 2.41. The molecule has 0 atom stereocenters. The topological polar surface area (TPSA) is 33.6 Å². The molecule has 0 aliphatic heterocycles. The van der Waals surface area contributed by atoms with Gasteiger partial charge in [-0.3, -0.25) is 0 Å². The van der Waals surface area contributed by atoms with Gasteiger partial charge >= 0.3 is 12.4 Å². The number of para-hydroxylation sites is 2. The zero-order chi connectivity index (χ0) is 41.3. The van der Waals surface area contributed by atoms with E-state index in [1.54, 1.807) is 9.13 Å². The molecule has 60 heavy (non-hydrogen) atoms. The van der Waals surface area contributed by atoms with Gasteiger partial charge < -0.3 is 9.13 Å². The second-order valence-electron chi connectivity index (χ2n) is 14.6. The largest absolute Gasteiger partial charge is 0.417 e. The first-order chi connectivity index (χ1) is 29.0. The molecule has 290 valence electrons. The lowest BCUT2D eigenvalue weighted by Gasteiger charge is -2.22. The second kappa shape index (κ2) is 13.8. The van der Waals surface area contributed by atoms with Crippen LogP contribution in [0.2, 0.25) is 0 Å². The number of fused-ring (bicyclic) bond motifs is 6. The van der Waals surface area contributed by atoms with E-state index in [4.69, 9.17) is 0 Å². The summed E-state index contributed by atoms with van der Waals surface area (Å²) < 4.78 is 93.3. The molecule has 9 heteroatoms. The molecule has 0 aliphatic rings. The number of halogens is 6. The Bertz CT molecular complexity index is 3140. The lowest BCUT2D eigenvalue weighted by molar-refractivity contribution is -0.142. The van der Waals surface area contributed by atoms with Crippen LogP contribution in [-0.2, 0) is 12.4 Å². The van der Waals surface area contributed by atoms with Crippen molar-refractivity contribution in [1.29, 1.82) is 5.26 Å². The Morgan fingerprint density at radius 1 is 0.367 bits per heavy atom. The number of benzene rings is 8. The molecule has 0 unspecified atom stereocenters. The number of nitrogens with zero attached hydrogens (tertiary/aromatic N) is 3. The SMILES string of the molecule is N#Cc1c(-n2c3ccccc3c3cc(-c4ccccc4)ccc32)cc(-c2c(C(F)(F)F)cccc2C(F)(F)F)cc1-n1c2ccccc2c2cc(-c3ccccc3)ccc21. The summed E-state index contributed by atoms with van der Waals surface area (Å²) in [6, 6.07) is 53.0. The van der Waals surface area contributed by atoms with Gasteiger partial charge in [0.2, 0.25) is 0 Å². The molecule has 0 saturated carbocycles. The van der Waals surface area contributed by atoms with Crippen LogP contribution in [-0.4, -0.2) is 9.13 Å². The van der Waals surface area contributed by atoms with Gasteiger partial charge in [-0.1, -0.05) is 115 Å². The molecule has 10 aromatic rings. The van der Waals surface area contributed by atoms with E-state index in [1.807, 2.05) is 146 Å². The summed E-state index contributed by atoms with van der Waals surface area (Å²) in [6.07, 6.45) is -10.3. The lowest BCUT2D eigenvalue weighted by atomic mass is 9.91. The third-order valence-electron chi connectivity index (χ3n) is 11.2. The maximum Gasteiger partial charge on any atom is 0.417 e. The zero-order valence-electron chi connectivity index (χ0n) is 31.4. The van der Waals surface area contributed by atoms with E-state index in [0.29, 0.717) is 34.2 Å². The Balaban J connectivity index is 1.36. The van der Waals surface area contributed by atoms with Crippen molar-refractivity contribution in [2.75, 3.05) is 0 Å². The van der Waals surface area contributed by atoms with Crippen LogP contribution in [0.5, 0.6) is 0 Å². The van der Waals surface area contributed by atoms with E-state index < -0.39 is 29.0 Å². The predicted octanol–water partition coefficient (Wildman–Crippen LogP) is 14.8. The highest BCUT2D eigenvalue weighted by Crippen LogP contribution is 2.48. The summed E-state index contributed by atoms with van der Waals surface area (Å²) in [4.78, 5) is 0. The van der Waals surface area contributed by atoms with E-state index in [-0.39, 0.29) is 22.5 Å². The maximum atomic E-state index is 15.0. The Morgan fingerprint density at radius 2 is 0.767 bits per heavy atom. The van der Waals surface area contributed by atoms with Crippen molar-refractivity contribution in [1.82, 2.24) is 9.13 Å². The Kier molecular flexibility index (Phi) is 8.44. The van der Waals surface area contributed by atoms with Crippen LogP contribution in [0.25, 0.3) is 88.4 Å². The Labute approximate surface area is 339 Å². The summed E-state index contributed by atoms with van der Waals surface area (Å²) in [7, 11) is 0. The zero-order valence-corrected chi connectivity index (χ0v) is 31.4. The van der Waals surface area contributed by atoms with Gasteiger partial charge in [0, 0.05) is 27.1 Å². The third-order valence-corrected chi connectivity index (χ3v) is 11.2. The number of aromatic nitrogens is 2. The second-order valence-corrected chi connectivity index (χ2v) is 14.6. The fourth-order valence-corrected chi connectivity index (χ4v) is 8.64. The molecule has 0 amide bonds. The van der Waals surface area contributed by atoms with Gasteiger partial charge in [0.05, 0.1) is 44.6 Å². The molecule has 2 aromatic heterocycles. The highest BCUT2D eigenvalue weighted by molar-refractivity contribution is 6.12. The number of hydrogen-bond acceptors (Lipinski definition) is 1. The minimum Gasteiger partial charge on any atom is -0.308 e. The number of nitriles is 1. The first-order valence-electron chi connectivity index (χ1n) is 19.0. The number of rotatable bonds is 5. The monoisotopic (exact) mass is 797 g/mol. The molecule has 0 bridgehead atoms. The van der Waals surface area contributed by atoms with Crippen LogP contribution >= 0.6 is 0 Å². The molecule has 10 rings (SSSR count). The van der Waals surface area contributed by atoms with Crippen LogP contribution in [0.4, 0.5) is 26.3 Å². The lowest BCUT2D eigenvalue weighted by Crippen LogP contribution is -2.15. The molecule has 0 aliphatic carbocycles. The normalized spacial score (nSPS) is 12.2. The predicted molar refractivity (Wildman–Crippen MR) is 226 cm³/mol. The van der Waals surface area contributed by atoms with E-state index in [0.717, 1.165) is 49.9 Å². The molecule has 0 spiro atoms. The van der Waals surface area contributed by atoms with Crippen LogP contribution in [0, 0.1) is 11.3 Å². The summed E-state index contributed by atoms with van der Waals surface area (Å²) in [5.41, 5.74) is 2.27. The van der Waals surface area contributed by atoms with E-state index >= 15 is 0 Å². The van der Waals surface area contributed by atoms with E-state index in [9.17, 15) is 31.6 Å². The molecule has 0 N–H and O–H groups in total. The van der Waals surface area contributed by atoms with Crippen molar-refractivity contribution in [3.05, 3.63) is 193 Å². The van der Waals surface area contributed by atoms with Gasteiger partial charge in [-0.15, -0.1) is 0 Å². The van der Waals surface area contributed by atoms with Crippen molar-refractivity contribution in [3.8, 4) is 50.8 Å². The van der Waals surface area contributed by atoms with E-state index in [2.05, 4.69) is 6.07 Å². The Hall–Kier alpha value is -7.57. The van der Waals surface area contributed by atoms with Crippen molar-refractivity contribution in [3.63, 3.8) is 0 Å². The van der Waals surface area contributed by atoms with Gasteiger partial charge in [-0.05, 0) is 88.5 Å². The van der Waals surface area contributed by atoms with Crippen LogP contribution in [0.1, 0.15) is 16.7 Å². The maximum absolute atomic E-state index is 15.0. The summed E-state index contributed by atoms with van der Waals surface area (Å²) in [6.45, 7) is 0. The fraction of sp³-hybridized carbons (Fsp3) is 0.0392. The molecule has 8 aromatic carbocycles. The van der Waals surface area contributed by atoms with Crippen molar-refractivity contribution in [2.24, 2.45) is 0 Å². The Morgan fingerprint density at radius 3 is 1.18 bits per heavy atom. The molecule has 3 nitrogen and oxygen atoms in total. The fourth-order valence-electron chi connectivity index (χ4n) is 8.64. The van der Waals surface area contributed by atoms with Crippen LogP contribution in [0.15, 0.2) is 176 Å². The van der Waals surface area contributed by atoms with Gasteiger partial charge in [-0.25, -0.2) is 0 Å². The summed E-state index contributed by atoms with van der Waals surface area (Å²) in [5, 5.41) is 14.4. The van der Waals surface area contributed by atoms with Gasteiger partial charge in [0.15, 0.2) is 0 Å². The minimum absolute atomic E-state index is 0.0568. The molecule has 2 heterocycles. The molecule has 0 saturated heterocycles. The smallest absolute Gasteiger partial charge is 0.308 e. The quantitative estimate of drug-likeness (QED) is 0.160. The highest BCUT2D eigenvalue weighted by atomic mass is 19.4. The van der Waals surface area contributed by atoms with Crippen molar-refractivity contribution < 1.29 is 26.3 Å². The molecular weight excluding hydrogens is 769 g/mol. The van der Waals surface area contributed by atoms with Crippen LogP contribution in [0.3, 0.4) is 0 Å². The van der Waals surface area contributed by atoms with E-state index in [1.165, 1.54) is 12.1 Å². The minimum atomic E-state index is -5.15. The van der Waals surface area contributed by atoms with Gasteiger partial charge in [0.1, 0.15) is 11.6 Å². The van der Waals surface area contributed by atoms with Crippen LogP contribution < -0.4 is 0 Å². The number of alkyl halides is 6. The summed E-state index contributed by atoms with van der Waals surface area (Å²) >= 11 is 0. The van der Waals surface area contributed by atoms with Crippen molar-refractivity contribution in [2.45, 2.75) is 12.4 Å². The first-order valence-corrected chi connectivity index (χ1v) is 19.0. The van der Waals surface area contributed by atoms with Gasteiger partial charge in [-0.2, -0.15) is 31.6 Å². The average Bonchev–Trinajstić information content (AvgIpc) is 3.77. The molecule has 0 radical (unpaired) electrons. The van der Waals surface area contributed by atoms with Crippen molar-refractivity contribution >= 4 is 43.6 Å². The average molecular weight is 798 g/mol. The third kappa shape index (κ3) is 5.91. The first kappa shape index (κ1) is 36.7. The molecule has 0 fully saturated rings.